The van der Waals surface area contributed by atoms with Gasteiger partial charge in [-0.3, -0.25) is 0 Å². The van der Waals surface area contributed by atoms with Crippen LogP contribution in [-0.4, -0.2) is 36.1 Å². The highest BCUT2D eigenvalue weighted by Gasteiger charge is 2.02. The van der Waals surface area contributed by atoms with Crippen molar-refractivity contribution in [1.82, 2.24) is 0 Å². The molecule has 0 radical (unpaired) electrons. The summed E-state index contributed by atoms with van der Waals surface area (Å²) >= 11 is 11.0. The van der Waals surface area contributed by atoms with Crippen LogP contribution in [-0.2, 0) is 0 Å². The van der Waals surface area contributed by atoms with E-state index in [4.69, 9.17) is 27.9 Å². The minimum atomic E-state index is -0.547. The molecule has 1 unspecified atom stereocenters. The maximum atomic E-state index is 9.29. The van der Waals surface area contributed by atoms with Crippen LogP contribution in [0.15, 0.2) is 24.3 Å². The Balaban J connectivity index is 2.46. The van der Waals surface area contributed by atoms with Crippen molar-refractivity contribution < 1.29 is 9.84 Å². The molecule has 0 saturated carbocycles. The Bertz CT molecular complexity index is 310. The number of alkyl halides is 2. The number of aliphatic hydroxyl groups is 1. The van der Waals surface area contributed by atoms with Gasteiger partial charge in [0, 0.05) is 18.3 Å². The molecule has 0 aromatic heterocycles. The van der Waals surface area contributed by atoms with Gasteiger partial charge in [-0.2, -0.15) is 0 Å². The van der Waals surface area contributed by atoms with Crippen LogP contribution in [0.2, 0.25) is 0 Å². The summed E-state index contributed by atoms with van der Waals surface area (Å²) in [6.45, 7) is 0.901. The van der Waals surface area contributed by atoms with Gasteiger partial charge in [-0.15, -0.1) is 23.2 Å². The molecule has 90 valence electrons. The average Bonchev–Trinajstić information content (AvgIpc) is 2.34. The summed E-state index contributed by atoms with van der Waals surface area (Å²) in [6.07, 6.45) is -0.547. The maximum Gasteiger partial charge on any atom is 0.121 e. The van der Waals surface area contributed by atoms with E-state index in [2.05, 4.69) is 5.32 Å². The molecular formula is C11H15Cl2NO2. The van der Waals surface area contributed by atoms with E-state index in [1.807, 2.05) is 24.3 Å². The third-order valence-electron chi connectivity index (χ3n) is 1.90. The maximum absolute atomic E-state index is 9.29. The van der Waals surface area contributed by atoms with Gasteiger partial charge in [-0.05, 0) is 12.1 Å². The van der Waals surface area contributed by atoms with E-state index in [0.717, 1.165) is 11.4 Å². The predicted octanol–water partition coefficient (Wildman–Crippen LogP) is 2.32. The van der Waals surface area contributed by atoms with E-state index < -0.39 is 6.10 Å². The standard InChI is InChI=1S/C11H15Cl2NO2/c12-4-5-16-11-3-1-2-9(6-11)14-8-10(15)7-13/h1-3,6,10,14-15H,4-5,7-8H2. The van der Waals surface area contributed by atoms with Crippen molar-refractivity contribution in [3.63, 3.8) is 0 Å². The monoisotopic (exact) mass is 263 g/mol. The highest BCUT2D eigenvalue weighted by Crippen LogP contribution is 2.17. The van der Waals surface area contributed by atoms with E-state index in [1.165, 1.54) is 0 Å². The molecule has 0 spiro atoms. The van der Waals surface area contributed by atoms with Crippen molar-refractivity contribution in [3.8, 4) is 5.75 Å². The van der Waals surface area contributed by atoms with Gasteiger partial charge in [0.05, 0.1) is 17.9 Å². The fraction of sp³-hybridized carbons (Fsp3) is 0.455. The van der Waals surface area contributed by atoms with Gasteiger partial charge in [-0.25, -0.2) is 0 Å². The summed E-state index contributed by atoms with van der Waals surface area (Å²) in [5.41, 5.74) is 0.885. The summed E-state index contributed by atoms with van der Waals surface area (Å²) < 4.78 is 5.37. The minimum Gasteiger partial charge on any atom is -0.492 e. The number of nitrogens with one attached hydrogen (secondary N) is 1. The molecule has 1 aromatic rings. The molecule has 1 rings (SSSR count). The Labute approximate surface area is 105 Å². The largest absolute Gasteiger partial charge is 0.492 e. The lowest BCUT2D eigenvalue weighted by atomic mass is 10.3. The zero-order valence-electron chi connectivity index (χ0n) is 8.83. The lowest BCUT2D eigenvalue weighted by Crippen LogP contribution is -2.20. The van der Waals surface area contributed by atoms with Crippen molar-refractivity contribution in [3.05, 3.63) is 24.3 Å². The van der Waals surface area contributed by atoms with E-state index in [1.54, 1.807) is 0 Å². The number of hydrogen-bond acceptors (Lipinski definition) is 3. The molecule has 5 heteroatoms. The number of halogens is 2. The molecule has 0 amide bonds. The van der Waals surface area contributed by atoms with Crippen LogP contribution in [0, 0.1) is 0 Å². The summed E-state index contributed by atoms with van der Waals surface area (Å²) in [6, 6.07) is 7.48. The van der Waals surface area contributed by atoms with Crippen LogP contribution in [0.4, 0.5) is 5.69 Å². The van der Waals surface area contributed by atoms with Crippen molar-refractivity contribution >= 4 is 28.9 Å². The van der Waals surface area contributed by atoms with Gasteiger partial charge in [0.15, 0.2) is 0 Å². The number of benzene rings is 1. The Morgan fingerprint density at radius 1 is 1.38 bits per heavy atom. The number of rotatable bonds is 7. The van der Waals surface area contributed by atoms with Crippen LogP contribution < -0.4 is 10.1 Å². The topological polar surface area (TPSA) is 41.5 Å². The van der Waals surface area contributed by atoms with Crippen molar-refractivity contribution in [1.29, 1.82) is 0 Å². The third-order valence-corrected chi connectivity index (χ3v) is 2.41. The van der Waals surface area contributed by atoms with E-state index >= 15 is 0 Å². The van der Waals surface area contributed by atoms with Crippen LogP contribution in [0.25, 0.3) is 0 Å². The first-order chi connectivity index (χ1) is 7.76. The molecule has 0 aliphatic heterocycles. The average molecular weight is 264 g/mol. The Morgan fingerprint density at radius 3 is 2.88 bits per heavy atom. The third kappa shape index (κ3) is 4.92. The quantitative estimate of drug-likeness (QED) is 0.742. The smallest absolute Gasteiger partial charge is 0.121 e. The first kappa shape index (κ1) is 13.4. The molecule has 16 heavy (non-hydrogen) atoms. The minimum absolute atomic E-state index is 0.218. The Kier molecular flexibility index (Phi) is 6.38. The molecule has 0 saturated heterocycles. The molecule has 0 heterocycles. The highest BCUT2D eigenvalue weighted by molar-refractivity contribution is 6.18. The summed E-state index contributed by atoms with van der Waals surface area (Å²) in [5, 5.41) is 12.4. The Morgan fingerprint density at radius 2 is 2.19 bits per heavy atom. The molecule has 1 atom stereocenters. The molecule has 2 N–H and O–H groups in total. The van der Waals surface area contributed by atoms with Gasteiger partial charge in [0.1, 0.15) is 12.4 Å². The highest BCUT2D eigenvalue weighted by atomic mass is 35.5. The van der Waals surface area contributed by atoms with Crippen LogP contribution in [0.1, 0.15) is 0 Å². The second-order valence-corrected chi connectivity index (χ2v) is 3.94. The normalized spacial score (nSPS) is 12.2. The zero-order valence-corrected chi connectivity index (χ0v) is 10.3. The van der Waals surface area contributed by atoms with Crippen molar-refractivity contribution in [2.45, 2.75) is 6.10 Å². The summed E-state index contributed by atoms with van der Waals surface area (Å²) in [7, 11) is 0. The van der Waals surface area contributed by atoms with Gasteiger partial charge in [0.2, 0.25) is 0 Å². The van der Waals surface area contributed by atoms with Crippen LogP contribution >= 0.6 is 23.2 Å². The first-order valence-corrected chi connectivity index (χ1v) is 6.10. The molecule has 0 aliphatic carbocycles. The molecule has 0 aliphatic rings. The predicted molar refractivity (Wildman–Crippen MR) is 67.9 cm³/mol. The van der Waals surface area contributed by atoms with Crippen LogP contribution in [0.5, 0.6) is 5.75 Å². The fourth-order valence-electron chi connectivity index (χ4n) is 1.14. The number of hydrogen-bond donors (Lipinski definition) is 2. The van der Waals surface area contributed by atoms with Crippen molar-refractivity contribution in [2.24, 2.45) is 0 Å². The van der Waals surface area contributed by atoms with Gasteiger partial charge < -0.3 is 15.2 Å². The second-order valence-electron chi connectivity index (χ2n) is 3.25. The lowest BCUT2D eigenvalue weighted by Gasteiger charge is -2.11. The Hall–Kier alpha value is -0.640. The molecule has 0 fully saturated rings. The molecular weight excluding hydrogens is 249 g/mol. The number of anilines is 1. The van der Waals surface area contributed by atoms with Gasteiger partial charge in [-0.1, -0.05) is 6.07 Å². The summed E-state index contributed by atoms with van der Waals surface area (Å²) in [4.78, 5) is 0. The first-order valence-electron chi connectivity index (χ1n) is 5.03. The lowest BCUT2D eigenvalue weighted by molar-refractivity contribution is 0.211. The van der Waals surface area contributed by atoms with Gasteiger partial charge >= 0.3 is 0 Å². The van der Waals surface area contributed by atoms with Gasteiger partial charge in [0.25, 0.3) is 0 Å². The fourth-order valence-corrected chi connectivity index (χ4v) is 1.33. The van der Waals surface area contributed by atoms with E-state index in [0.29, 0.717) is 19.0 Å². The zero-order chi connectivity index (χ0) is 11.8. The van der Waals surface area contributed by atoms with Crippen LogP contribution in [0.3, 0.4) is 0 Å². The SMILES string of the molecule is OC(CCl)CNc1cccc(OCCCl)c1. The van der Waals surface area contributed by atoms with E-state index in [9.17, 15) is 5.11 Å². The summed E-state index contributed by atoms with van der Waals surface area (Å²) in [5.74, 6) is 1.43. The molecule has 0 bridgehead atoms. The van der Waals surface area contributed by atoms with Crippen molar-refractivity contribution in [2.75, 3.05) is 30.2 Å². The number of aliphatic hydroxyl groups excluding tert-OH is 1. The molecule has 3 nitrogen and oxygen atoms in total. The van der Waals surface area contributed by atoms with E-state index in [-0.39, 0.29) is 5.88 Å². The molecule has 1 aromatic carbocycles. The number of ether oxygens (including phenoxy) is 1. The second kappa shape index (κ2) is 7.60.